The number of allylic oxidation sites excluding steroid dienone is 4. The molecule has 2 aliphatic carbocycles. The number of ketones is 2. The van der Waals surface area contributed by atoms with Crippen LogP contribution in [0.5, 0.6) is 0 Å². The van der Waals surface area contributed by atoms with E-state index >= 15 is 0 Å². The quantitative estimate of drug-likeness (QED) is 0.0256. The fourth-order valence-electron chi connectivity index (χ4n) is 12.1. The summed E-state index contributed by atoms with van der Waals surface area (Å²) in [7, 11) is 0. The first kappa shape index (κ1) is 56.1. The number of benzene rings is 4. The molecular formula is C70H83N3O5. The Kier molecular flexibility index (Phi) is 20.0. The number of rotatable bonds is 32. The van der Waals surface area contributed by atoms with Crippen LogP contribution in [0.1, 0.15) is 190 Å². The number of pyridine rings is 2. The van der Waals surface area contributed by atoms with Crippen molar-refractivity contribution in [3.8, 4) is 0 Å². The zero-order chi connectivity index (χ0) is 54.2. The zero-order valence-corrected chi connectivity index (χ0v) is 46.8. The van der Waals surface area contributed by atoms with Crippen molar-refractivity contribution in [3.63, 3.8) is 0 Å². The van der Waals surface area contributed by atoms with Gasteiger partial charge in [0.15, 0.2) is 11.6 Å². The number of unbranched alkanes of at least 4 members (excludes halogenated alkanes) is 21. The molecule has 0 saturated carbocycles. The average Bonchev–Trinajstić information content (AvgIpc) is 3.99. The monoisotopic (exact) mass is 1050 g/mol. The number of fused-ring (bicyclic) bond motifs is 5. The van der Waals surface area contributed by atoms with Crippen molar-refractivity contribution < 1.29 is 34.0 Å². The minimum absolute atomic E-state index is 0.171. The molecule has 4 aromatic carbocycles. The summed E-state index contributed by atoms with van der Waals surface area (Å²) >= 11 is 0. The van der Waals surface area contributed by atoms with E-state index in [-0.39, 0.29) is 52.0 Å². The molecule has 0 radical (unpaired) electrons. The molecule has 408 valence electrons. The number of aromatic nitrogens is 3. The highest BCUT2D eigenvalue weighted by Gasteiger charge is 2.32. The van der Waals surface area contributed by atoms with Gasteiger partial charge in [0.2, 0.25) is 22.4 Å². The Morgan fingerprint density at radius 3 is 1.24 bits per heavy atom. The van der Waals surface area contributed by atoms with Crippen molar-refractivity contribution in [2.24, 2.45) is 0 Å². The summed E-state index contributed by atoms with van der Waals surface area (Å²) in [5, 5.41) is 41.8. The minimum Gasteiger partial charge on any atom is -0.871 e. The van der Waals surface area contributed by atoms with Crippen molar-refractivity contribution in [3.05, 3.63) is 154 Å². The fraction of sp³-hybridized carbons (Fsp3) is 0.429. The first-order chi connectivity index (χ1) is 38.3. The normalized spacial score (nSPS) is 14.9. The van der Waals surface area contributed by atoms with Gasteiger partial charge in [0.05, 0.1) is 0 Å². The Hall–Kier alpha value is -6.64. The average molecular weight is 1050 g/mol. The lowest BCUT2D eigenvalue weighted by Crippen LogP contribution is -2.39. The number of carbonyl (C=O) groups excluding carboxylic acids is 2. The summed E-state index contributed by atoms with van der Waals surface area (Å²) in [5.74, 6) is -1.04. The largest absolute Gasteiger partial charge is 0.871 e. The Morgan fingerprint density at radius 1 is 0.449 bits per heavy atom. The van der Waals surface area contributed by atoms with Crippen molar-refractivity contribution in [2.75, 3.05) is 6.61 Å². The van der Waals surface area contributed by atoms with Crippen molar-refractivity contribution in [2.45, 2.75) is 188 Å². The molecule has 0 atom stereocenters. The first-order valence-electron chi connectivity index (χ1n) is 30.2. The molecule has 3 aromatic heterocycles. The summed E-state index contributed by atoms with van der Waals surface area (Å²) in [6.45, 7) is 7.02. The van der Waals surface area contributed by atoms with Crippen molar-refractivity contribution >= 4 is 78.5 Å². The van der Waals surface area contributed by atoms with Gasteiger partial charge in [-0.2, -0.15) is 9.13 Å². The van der Waals surface area contributed by atoms with Crippen LogP contribution in [-0.4, -0.2) is 27.8 Å². The maximum atomic E-state index is 14.2. The first-order valence-corrected chi connectivity index (χ1v) is 30.2. The summed E-state index contributed by atoms with van der Waals surface area (Å²) in [6.07, 6.45) is 32.1. The molecule has 2 aliphatic rings. The molecule has 7 aromatic rings. The highest BCUT2D eigenvalue weighted by atomic mass is 16.3. The highest BCUT2D eigenvalue weighted by Crippen LogP contribution is 2.41. The molecule has 9 rings (SSSR count). The number of hydrogen-bond donors (Lipinski definition) is 1. The van der Waals surface area contributed by atoms with Gasteiger partial charge >= 0.3 is 0 Å². The van der Waals surface area contributed by atoms with Crippen LogP contribution in [0.15, 0.2) is 132 Å². The Morgan fingerprint density at radius 2 is 0.833 bits per heavy atom. The topological polar surface area (TPSA) is 113 Å². The molecule has 0 fully saturated rings. The second kappa shape index (κ2) is 27.8. The number of carbonyl (C=O) groups is 2. The molecule has 78 heavy (non-hydrogen) atoms. The predicted molar refractivity (Wildman–Crippen MR) is 317 cm³/mol. The molecule has 0 unspecified atom stereocenters. The number of Topliss-reactive ketones (excluding diaryl/α,β-unsaturated/α-hetero) is 2. The van der Waals surface area contributed by atoms with Gasteiger partial charge in [-0.25, -0.2) is 0 Å². The Balaban J connectivity index is 0.975. The van der Waals surface area contributed by atoms with Gasteiger partial charge in [0.1, 0.15) is 13.1 Å². The number of nitrogens with zero attached hydrogens (tertiary/aromatic N) is 3. The van der Waals surface area contributed by atoms with Crippen molar-refractivity contribution in [1.82, 2.24) is 4.57 Å². The Labute approximate surface area is 463 Å². The van der Waals surface area contributed by atoms with Gasteiger partial charge in [-0.05, 0) is 85.3 Å². The second-order valence-corrected chi connectivity index (χ2v) is 22.2. The standard InChI is InChI=1S/C70H83N3O5/c1-3-5-7-9-11-13-15-17-19-27-43-71-55(39-35-51-31-23-25-33-61(51)71)49-59-67(75)65(68(59)76)53-37-41-63-57(47-53)58-48-54(38-42-64(58)73(63)45-29-21-22-30-46-74)66-69(77)60(70(66)78)50-56-40-36-52-32-24-26-34-62(52)72(56)44-28-20-18-16-14-12-10-8-6-4-2/h23-26,31-42,47-50,74H,3-22,27-30,43-46H2,1-2H3. The smallest absolute Gasteiger partial charge is 0.212 e. The lowest BCUT2D eigenvalue weighted by atomic mass is 9.82. The lowest BCUT2D eigenvalue weighted by Gasteiger charge is -2.30. The number of hydrogen-bond acceptors (Lipinski definition) is 5. The van der Waals surface area contributed by atoms with E-state index in [0.717, 1.165) is 126 Å². The van der Waals surface area contributed by atoms with Crippen LogP contribution in [-0.2, 0) is 29.2 Å². The SMILES string of the molecule is CCCCCCCCCCCC[n+]1c(/C=C2\C(=O)C(c3ccc4c(c3)c3cc(C5=C([O-])/C(=C\c6ccc7ccccc7[n+]6CCCCCCCCCCCC)C5=O)ccc3n4CCCCCCO)=C2[O-])ccc2ccccc21. The van der Waals surface area contributed by atoms with E-state index in [1.54, 1.807) is 12.2 Å². The van der Waals surface area contributed by atoms with E-state index in [9.17, 15) is 24.9 Å². The van der Waals surface area contributed by atoms with Crippen molar-refractivity contribution in [1.29, 1.82) is 0 Å². The maximum absolute atomic E-state index is 14.2. The van der Waals surface area contributed by atoms with Crippen LogP contribution in [0.3, 0.4) is 0 Å². The van der Waals surface area contributed by atoms with E-state index in [1.807, 2.05) is 72.8 Å². The number of aliphatic hydroxyl groups excluding tert-OH is 1. The third-order valence-electron chi connectivity index (χ3n) is 16.6. The van der Waals surface area contributed by atoms with E-state index in [1.165, 1.54) is 103 Å². The van der Waals surface area contributed by atoms with Gasteiger partial charge in [0.25, 0.3) is 0 Å². The van der Waals surface area contributed by atoms with Crippen LogP contribution < -0.4 is 19.3 Å². The molecule has 0 spiro atoms. The second-order valence-electron chi connectivity index (χ2n) is 22.2. The molecule has 0 bridgehead atoms. The number of para-hydroxylation sites is 2. The third-order valence-corrected chi connectivity index (χ3v) is 16.6. The lowest BCUT2D eigenvalue weighted by molar-refractivity contribution is -0.673. The molecular weight excluding hydrogens is 963 g/mol. The summed E-state index contributed by atoms with van der Waals surface area (Å²) in [5.41, 5.74) is 7.65. The van der Waals surface area contributed by atoms with Crippen LogP contribution in [0, 0.1) is 0 Å². The van der Waals surface area contributed by atoms with E-state index in [2.05, 4.69) is 63.9 Å². The van der Waals surface area contributed by atoms with Gasteiger partial charge in [0, 0.05) is 117 Å². The molecule has 0 saturated heterocycles. The van der Waals surface area contributed by atoms with Gasteiger partial charge in [-0.3, -0.25) is 9.59 Å². The van der Waals surface area contributed by atoms with Crippen LogP contribution in [0.4, 0.5) is 0 Å². The zero-order valence-electron chi connectivity index (χ0n) is 46.8. The Bertz CT molecular complexity index is 3150. The minimum atomic E-state index is -0.261. The molecule has 0 amide bonds. The summed E-state index contributed by atoms with van der Waals surface area (Å²) in [4.78, 5) is 28.5. The highest BCUT2D eigenvalue weighted by molar-refractivity contribution is 6.41. The molecule has 0 aliphatic heterocycles. The number of aryl methyl sites for hydroxylation is 3. The van der Waals surface area contributed by atoms with Gasteiger partial charge in [-0.1, -0.05) is 177 Å². The molecule has 1 N–H and O–H groups in total. The van der Waals surface area contributed by atoms with Gasteiger partial charge < -0.3 is 19.9 Å². The summed E-state index contributed by atoms with van der Waals surface area (Å²) in [6, 6.07) is 36.5. The fourth-order valence-corrected chi connectivity index (χ4v) is 12.1. The van der Waals surface area contributed by atoms with Crippen LogP contribution in [0.25, 0.3) is 66.9 Å². The molecule has 3 heterocycles. The van der Waals surface area contributed by atoms with Gasteiger partial charge in [-0.15, -0.1) is 0 Å². The summed E-state index contributed by atoms with van der Waals surface area (Å²) < 4.78 is 6.79. The molecule has 8 heteroatoms. The molecule has 8 nitrogen and oxygen atoms in total. The van der Waals surface area contributed by atoms with E-state index in [0.29, 0.717) is 11.1 Å². The third kappa shape index (κ3) is 12.9. The van der Waals surface area contributed by atoms with Crippen LogP contribution in [0.2, 0.25) is 0 Å². The van der Waals surface area contributed by atoms with E-state index < -0.39 is 0 Å². The predicted octanol–water partition coefficient (Wildman–Crippen LogP) is 14.5. The number of aliphatic hydroxyl groups is 1. The van der Waals surface area contributed by atoms with Crippen LogP contribution >= 0.6 is 0 Å². The maximum Gasteiger partial charge on any atom is 0.212 e. The van der Waals surface area contributed by atoms with E-state index in [4.69, 9.17) is 0 Å².